The van der Waals surface area contributed by atoms with Crippen molar-refractivity contribution in [3.05, 3.63) is 0 Å². The van der Waals surface area contributed by atoms with Gasteiger partial charge in [-0.1, -0.05) is 13.3 Å². The lowest BCUT2D eigenvalue weighted by Gasteiger charge is -1.85. The van der Waals surface area contributed by atoms with Crippen molar-refractivity contribution in [1.82, 2.24) is 0 Å². The fourth-order valence-electron chi connectivity index (χ4n) is 0.609. The molecule has 0 aromatic rings. The predicted molar refractivity (Wildman–Crippen MR) is 50.4 cm³/mol. The van der Waals surface area contributed by atoms with Gasteiger partial charge in [-0.25, -0.2) is 0 Å². The van der Waals surface area contributed by atoms with Crippen LogP contribution in [0.5, 0.6) is 0 Å². The first-order chi connectivity index (χ1) is 4.91. The highest BCUT2D eigenvalue weighted by Crippen LogP contribution is 1.92. The third-order valence-electron chi connectivity index (χ3n) is 1.24. The molecule has 0 bridgehead atoms. The van der Waals surface area contributed by atoms with Gasteiger partial charge in [0.25, 0.3) is 0 Å². The summed E-state index contributed by atoms with van der Waals surface area (Å²) < 4.78 is 0. The van der Waals surface area contributed by atoms with Crippen LogP contribution in [0, 0.1) is 11.8 Å². The molecule has 0 saturated carbocycles. The molecule has 0 spiro atoms. The van der Waals surface area contributed by atoms with Crippen LogP contribution in [0.1, 0.15) is 39.0 Å². The average Bonchev–Trinajstić information content (AvgIpc) is 1.97. The number of rotatable bonds is 4. The second-order valence-corrected chi connectivity index (χ2v) is 2.73. The number of hydrogen-bond donors (Lipinski definition) is 1. The van der Waals surface area contributed by atoms with Gasteiger partial charge in [0.05, 0.1) is 0 Å². The van der Waals surface area contributed by atoms with Crippen LogP contribution in [0.4, 0.5) is 0 Å². The highest BCUT2D eigenvalue weighted by atomic mass is 32.1. The van der Waals surface area contributed by atoms with Gasteiger partial charge in [-0.2, -0.15) is 12.6 Å². The molecule has 0 fully saturated rings. The second kappa shape index (κ2) is 8.91. The molecule has 0 saturated heterocycles. The highest BCUT2D eigenvalue weighted by Gasteiger charge is 1.77. The van der Waals surface area contributed by atoms with Gasteiger partial charge in [0.15, 0.2) is 0 Å². The Morgan fingerprint density at radius 3 is 2.20 bits per heavy atom. The van der Waals surface area contributed by atoms with E-state index >= 15 is 0 Å². The number of thiol groups is 1. The fourth-order valence-corrected chi connectivity index (χ4v) is 0.768. The Hall–Kier alpha value is -0.0900. The van der Waals surface area contributed by atoms with E-state index in [9.17, 15) is 0 Å². The Kier molecular flexibility index (Phi) is 8.83. The van der Waals surface area contributed by atoms with Gasteiger partial charge < -0.3 is 0 Å². The van der Waals surface area contributed by atoms with Gasteiger partial charge in [-0.05, 0) is 18.6 Å². The Balaban J connectivity index is 2.98. The molecular formula is C9H16S. The lowest BCUT2D eigenvalue weighted by molar-refractivity contribution is 0.826. The number of hydrogen-bond acceptors (Lipinski definition) is 1. The minimum atomic E-state index is 0.961. The summed E-state index contributed by atoms with van der Waals surface area (Å²) in [5, 5.41) is 0. The molecule has 0 atom stereocenters. The first-order valence-corrected chi connectivity index (χ1v) is 4.61. The molecule has 1 heteroatoms. The van der Waals surface area contributed by atoms with Gasteiger partial charge in [-0.3, -0.25) is 0 Å². The van der Waals surface area contributed by atoms with Crippen molar-refractivity contribution < 1.29 is 0 Å². The zero-order valence-corrected chi connectivity index (χ0v) is 7.58. The molecule has 0 aromatic carbocycles. The largest absolute Gasteiger partial charge is 0.179 e. The molecule has 0 radical (unpaired) electrons. The Bertz CT molecular complexity index is 95.6. The quantitative estimate of drug-likeness (QED) is 0.361. The van der Waals surface area contributed by atoms with Crippen molar-refractivity contribution in [2.24, 2.45) is 0 Å². The minimum Gasteiger partial charge on any atom is -0.179 e. The Morgan fingerprint density at radius 2 is 1.70 bits per heavy atom. The van der Waals surface area contributed by atoms with E-state index in [-0.39, 0.29) is 0 Å². The molecule has 10 heavy (non-hydrogen) atoms. The normalized spacial score (nSPS) is 8.60. The van der Waals surface area contributed by atoms with E-state index in [4.69, 9.17) is 0 Å². The van der Waals surface area contributed by atoms with Gasteiger partial charge >= 0.3 is 0 Å². The van der Waals surface area contributed by atoms with E-state index in [0.29, 0.717) is 0 Å². The van der Waals surface area contributed by atoms with Crippen LogP contribution in [0.25, 0.3) is 0 Å². The monoisotopic (exact) mass is 156 g/mol. The van der Waals surface area contributed by atoms with E-state index in [1.165, 1.54) is 12.8 Å². The molecule has 58 valence electrons. The van der Waals surface area contributed by atoms with Gasteiger partial charge in [0.2, 0.25) is 0 Å². The lowest BCUT2D eigenvalue weighted by Crippen LogP contribution is -1.72. The number of unbranched alkanes of at least 4 members (excludes halogenated alkanes) is 3. The summed E-state index contributed by atoms with van der Waals surface area (Å²) in [6, 6.07) is 0. The predicted octanol–water partition coefficient (Wildman–Crippen LogP) is 2.89. The van der Waals surface area contributed by atoms with Gasteiger partial charge in [0, 0.05) is 12.8 Å². The molecule has 0 aliphatic heterocycles. The van der Waals surface area contributed by atoms with Gasteiger partial charge in [-0.15, -0.1) is 11.8 Å². The molecule has 0 aromatic heterocycles. The van der Waals surface area contributed by atoms with E-state index in [0.717, 1.165) is 25.0 Å². The SMILES string of the molecule is CCCCC#CCCCS. The molecule has 0 amide bonds. The van der Waals surface area contributed by atoms with Crippen LogP contribution < -0.4 is 0 Å². The maximum absolute atomic E-state index is 4.10. The molecule has 0 aliphatic rings. The summed E-state index contributed by atoms with van der Waals surface area (Å²) in [5.74, 6) is 7.22. The third kappa shape index (κ3) is 7.91. The summed E-state index contributed by atoms with van der Waals surface area (Å²) in [6.07, 6.45) is 5.72. The zero-order chi connectivity index (χ0) is 7.66. The van der Waals surface area contributed by atoms with Crippen molar-refractivity contribution in [3.8, 4) is 11.8 Å². The molecule has 0 aliphatic carbocycles. The van der Waals surface area contributed by atoms with Crippen LogP contribution in [0.15, 0.2) is 0 Å². The Morgan fingerprint density at radius 1 is 1.10 bits per heavy atom. The van der Waals surface area contributed by atoms with Crippen LogP contribution in [-0.4, -0.2) is 5.75 Å². The zero-order valence-electron chi connectivity index (χ0n) is 6.69. The summed E-state index contributed by atoms with van der Waals surface area (Å²) >= 11 is 4.10. The standard InChI is InChI=1S/C9H16S/c1-2-3-4-5-6-7-8-9-10/h10H,2-4,7-9H2,1H3. The fraction of sp³-hybridized carbons (Fsp3) is 0.778. The van der Waals surface area contributed by atoms with E-state index in [2.05, 4.69) is 31.4 Å². The first-order valence-electron chi connectivity index (χ1n) is 3.98. The topological polar surface area (TPSA) is 0 Å². The average molecular weight is 156 g/mol. The van der Waals surface area contributed by atoms with E-state index < -0.39 is 0 Å². The maximum atomic E-state index is 4.10. The summed E-state index contributed by atoms with van der Waals surface area (Å²) in [5.41, 5.74) is 0. The lowest BCUT2D eigenvalue weighted by atomic mass is 10.2. The summed E-state index contributed by atoms with van der Waals surface area (Å²) in [4.78, 5) is 0. The molecule has 0 unspecified atom stereocenters. The Labute approximate surface area is 69.8 Å². The van der Waals surface area contributed by atoms with Crippen molar-refractivity contribution in [3.63, 3.8) is 0 Å². The second-order valence-electron chi connectivity index (χ2n) is 2.28. The van der Waals surface area contributed by atoms with Crippen molar-refractivity contribution in [1.29, 1.82) is 0 Å². The van der Waals surface area contributed by atoms with Gasteiger partial charge in [0.1, 0.15) is 0 Å². The maximum Gasteiger partial charge on any atom is 0.00964 e. The summed E-state index contributed by atoms with van der Waals surface area (Å²) in [7, 11) is 0. The minimum absolute atomic E-state index is 0.961. The van der Waals surface area contributed by atoms with Crippen LogP contribution >= 0.6 is 12.6 Å². The molecule has 0 heterocycles. The van der Waals surface area contributed by atoms with Crippen molar-refractivity contribution in [2.45, 2.75) is 39.0 Å². The van der Waals surface area contributed by atoms with E-state index in [1.54, 1.807) is 0 Å². The smallest absolute Gasteiger partial charge is 0.00964 e. The van der Waals surface area contributed by atoms with Crippen LogP contribution in [0.3, 0.4) is 0 Å². The van der Waals surface area contributed by atoms with Crippen molar-refractivity contribution >= 4 is 12.6 Å². The molecule has 0 nitrogen and oxygen atoms in total. The highest BCUT2D eigenvalue weighted by molar-refractivity contribution is 7.80. The van der Waals surface area contributed by atoms with Crippen LogP contribution in [-0.2, 0) is 0 Å². The molecule has 0 rings (SSSR count). The first kappa shape index (κ1) is 9.91. The molecule has 0 N–H and O–H groups in total. The summed E-state index contributed by atoms with van der Waals surface area (Å²) in [6.45, 7) is 2.19. The third-order valence-corrected chi connectivity index (χ3v) is 1.56. The van der Waals surface area contributed by atoms with Crippen LogP contribution in [0.2, 0.25) is 0 Å². The van der Waals surface area contributed by atoms with Crippen molar-refractivity contribution in [2.75, 3.05) is 5.75 Å². The van der Waals surface area contributed by atoms with E-state index in [1.807, 2.05) is 0 Å². The molecular weight excluding hydrogens is 140 g/mol.